The van der Waals surface area contributed by atoms with Crippen molar-refractivity contribution >= 4 is 23.7 Å². The Morgan fingerprint density at radius 3 is 2.47 bits per heavy atom. The quantitative estimate of drug-likeness (QED) is 0.671. The van der Waals surface area contributed by atoms with Gasteiger partial charge in [0.2, 0.25) is 0 Å². The number of carbonyl (C=O) groups excluding carboxylic acids is 2. The number of amides is 2. The molecule has 2 aliphatic rings. The number of aromatic carboxylic acids is 1. The van der Waals surface area contributed by atoms with E-state index in [1.807, 2.05) is 29.2 Å². The number of β-amino-alcohol motifs (C(OH)–C–C–N with tert-alkyl or cyclic N) is 1. The molecule has 2 atom stereocenters. The molecule has 192 valence electrons. The molecule has 2 N–H and O–H groups in total. The van der Waals surface area contributed by atoms with E-state index in [1.165, 1.54) is 18.2 Å². The predicted octanol–water partition coefficient (Wildman–Crippen LogP) is 3.00. The predicted molar refractivity (Wildman–Crippen MR) is 134 cm³/mol. The van der Waals surface area contributed by atoms with Crippen LogP contribution in [0.1, 0.15) is 52.6 Å². The molecule has 0 saturated heterocycles. The summed E-state index contributed by atoms with van der Waals surface area (Å²) < 4.78 is 5.64. The molecule has 0 aromatic heterocycles. The molecule has 0 spiro atoms. The van der Waals surface area contributed by atoms with Crippen molar-refractivity contribution in [1.82, 2.24) is 9.80 Å². The Kier molecular flexibility index (Phi) is 6.95. The first-order valence-electron chi connectivity index (χ1n) is 12.1. The molecule has 2 heterocycles. The molecule has 9 heteroatoms. The number of carboxylic acids is 1. The first-order valence-corrected chi connectivity index (χ1v) is 12.1. The number of aliphatic hydroxyl groups is 1. The number of carbonyl (C=O) groups is 3. The minimum absolute atomic E-state index is 0.0267. The number of hydrogen-bond donors (Lipinski definition) is 2. The highest BCUT2D eigenvalue weighted by Crippen LogP contribution is 2.29. The van der Waals surface area contributed by atoms with Crippen LogP contribution < -0.4 is 4.90 Å². The number of hydrogen-bond acceptors (Lipinski definition) is 6. The summed E-state index contributed by atoms with van der Waals surface area (Å²) in [5, 5.41) is 20.7. The fraction of sp³-hybridized carbons (Fsp3) is 0.444. The molecule has 36 heavy (non-hydrogen) atoms. The number of ether oxygens (including phenoxy) is 1. The topological polar surface area (TPSA) is 111 Å². The van der Waals surface area contributed by atoms with Crippen LogP contribution in [-0.4, -0.2) is 82.4 Å². The molecule has 1 unspecified atom stereocenters. The van der Waals surface area contributed by atoms with Gasteiger partial charge < -0.3 is 24.7 Å². The van der Waals surface area contributed by atoms with Crippen LogP contribution in [0.5, 0.6) is 0 Å². The average Bonchev–Trinajstić information content (AvgIpc) is 2.93. The Morgan fingerprint density at radius 2 is 1.81 bits per heavy atom. The molecular weight excluding hydrogens is 462 g/mol. The Labute approximate surface area is 210 Å². The minimum atomic E-state index is -1.06. The number of rotatable bonds is 4. The summed E-state index contributed by atoms with van der Waals surface area (Å²) in [7, 11) is 1.81. The second-order valence-corrected chi connectivity index (χ2v) is 10.4. The van der Waals surface area contributed by atoms with Crippen LogP contribution in [0, 0.1) is 0 Å². The van der Waals surface area contributed by atoms with Gasteiger partial charge in [0.15, 0.2) is 0 Å². The van der Waals surface area contributed by atoms with Gasteiger partial charge in [-0.3, -0.25) is 9.69 Å². The number of likely N-dealkylation sites (N-methyl/N-ethyl adjacent to an activating group) is 1. The molecule has 2 aromatic carbocycles. The van der Waals surface area contributed by atoms with Gasteiger partial charge in [-0.1, -0.05) is 24.3 Å². The SMILES string of the molecule is CN1CCN(C[C@@H](O)C2Cc3ccccc3CN2C(=O)OC(C)(C)C)C(=O)c2ccc(C(=O)O)cc21. The van der Waals surface area contributed by atoms with E-state index in [2.05, 4.69) is 0 Å². The Hall–Kier alpha value is -3.59. The molecule has 9 nitrogen and oxygen atoms in total. The number of aliphatic hydroxyl groups excluding tert-OH is 1. The van der Waals surface area contributed by atoms with E-state index in [0.717, 1.165) is 11.1 Å². The third-order valence-corrected chi connectivity index (χ3v) is 6.65. The first-order chi connectivity index (χ1) is 16.9. The second-order valence-electron chi connectivity index (χ2n) is 10.4. The third kappa shape index (κ3) is 5.31. The molecular formula is C27H33N3O6. The molecule has 0 fully saturated rings. The summed E-state index contributed by atoms with van der Waals surface area (Å²) in [6.45, 7) is 6.55. The Morgan fingerprint density at radius 1 is 1.11 bits per heavy atom. The number of fused-ring (bicyclic) bond motifs is 2. The van der Waals surface area contributed by atoms with E-state index in [9.17, 15) is 24.6 Å². The lowest BCUT2D eigenvalue weighted by atomic mass is 9.91. The van der Waals surface area contributed by atoms with E-state index in [-0.39, 0.29) is 18.0 Å². The van der Waals surface area contributed by atoms with Crippen molar-refractivity contribution in [3.8, 4) is 0 Å². The van der Waals surface area contributed by atoms with Crippen molar-refractivity contribution in [3.05, 3.63) is 64.7 Å². The van der Waals surface area contributed by atoms with Crippen LogP contribution in [0.25, 0.3) is 0 Å². The maximum absolute atomic E-state index is 13.4. The third-order valence-electron chi connectivity index (χ3n) is 6.65. The van der Waals surface area contributed by atoms with Gasteiger partial charge in [0.1, 0.15) is 5.60 Å². The lowest BCUT2D eigenvalue weighted by Crippen LogP contribution is -2.55. The van der Waals surface area contributed by atoms with Crippen LogP contribution in [0.3, 0.4) is 0 Å². The van der Waals surface area contributed by atoms with Crippen molar-refractivity contribution in [3.63, 3.8) is 0 Å². The summed E-state index contributed by atoms with van der Waals surface area (Å²) in [6, 6.07) is 11.7. The van der Waals surface area contributed by atoms with Crippen molar-refractivity contribution in [2.75, 3.05) is 31.6 Å². The second kappa shape index (κ2) is 9.81. The smallest absolute Gasteiger partial charge is 0.410 e. The largest absolute Gasteiger partial charge is 0.478 e. The Bertz CT molecular complexity index is 1170. The molecule has 0 bridgehead atoms. The van der Waals surface area contributed by atoms with Crippen LogP contribution in [0.15, 0.2) is 42.5 Å². The van der Waals surface area contributed by atoms with Crippen LogP contribution in [0.4, 0.5) is 10.5 Å². The van der Waals surface area contributed by atoms with Gasteiger partial charge in [-0.25, -0.2) is 9.59 Å². The molecule has 2 amide bonds. The van der Waals surface area contributed by atoms with Crippen molar-refractivity contribution < 1.29 is 29.3 Å². The summed E-state index contributed by atoms with van der Waals surface area (Å²) >= 11 is 0. The lowest BCUT2D eigenvalue weighted by molar-refractivity contribution is -0.0176. The molecule has 0 saturated carbocycles. The standard InChI is InChI=1S/C27H33N3O6/c1-27(2,3)36-26(35)30-15-19-8-6-5-7-17(19)13-22(30)23(31)16-29-12-11-28(4)21-14-18(25(33)34)9-10-20(21)24(29)32/h5-10,14,22-23,31H,11-13,15-16H2,1-4H3,(H,33,34)/t22?,23-/m1/s1. The maximum atomic E-state index is 13.4. The summed E-state index contributed by atoms with van der Waals surface area (Å²) in [5.41, 5.74) is 2.39. The highest BCUT2D eigenvalue weighted by molar-refractivity contribution is 6.02. The van der Waals surface area contributed by atoms with Gasteiger partial charge in [0.25, 0.3) is 5.91 Å². The Balaban J connectivity index is 1.59. The fourth-order valence-electron chi connectivity index (χ4n) is 4.76. The van der Waals surface area contributed by atoms with Crippen LogP contribution in [0.2, 0.25) is 0 Å². The maximum Gasteiger partial charge on any atom is 0.410 e. The number of anilines is 1. The molecule has 2 aliphatic heterocycles. The highest BCUT2D eigenvalue weighted by atomic mass is 16.6. The molecule has 0 aliphatic carbocycles. The summed E-state index contributed by atoms with van der Waals surface area (Å²) in [6.07, 6.45) is -1.08. The van der Waals surface area contributed by atoms with Gasteiger partial charge in [0, 0.05) is 33.2 Å². The zero-order chi connectivity index (χ0) is 26.2. The van der Waals surface area contributed by atoms with Gasteiger partial charge in [-0.2, -0.15) is 0 Å². The van der Waals surface area contributed by atoms with E-state index in [4.69, 9.17) is 4.74 Å². The highest BCUT2D eigenvalue weighted by Gasteiger charge is 2.38. The van der Waals surface area contributed by atoms with E-state index in [1.54, 1.807) is 37.6 Å². The number of nitrogens with zero attached hydrogens (tertiary/aromatic N) is 3. The minimum Gasteiger partial charge on any atom is -0.478 e. The zero-order valence-electron chi connectivity index (χ0n) is 21.1. The summed E-state index contributed by atoms with van der Waals surface area (Å²) in [4.78, 5) is 42.9. The molecule has 4 rings (SSSR count). The van der Waals surface area contributed by atoms with Gasteiger partial charge >= 0.3 is 12.1 Å². The number of benzene rings is 2. The van der Waals surface area contributed by atoms with Crippen molar-refractivity contribution in [2.45, 2.75) is 51.5 Å². The normalized spacial score (nSPS) is 18.8. The lowest BCUT2D eigenvalue weighted by Gasteiger charge is -2.41. The van der Waals surface area contributed by atoms with E-state index in [0.29, 0.717) is 37.3 Å². The van der Waals surface area contributed by atoms with Gasteiger partial charge in [-0.05, 0) is 56.5 Å². The summed E-state index contributed by atoms with van der Waals surface area (Å²) in [5.74, 6) is -1.35. The van der Waals surface area contributed by atoms with Crippen molar-refractivity contribution in [2.24, 2.45) is 0 Å². The fourth-order valence-corrected chi connectivity index (χ4v) is 4.76. The first kappa shape index (κ1) is 25.5. The van der Waals surface area contributed by atoms with Gasteiger partial charge in [0.05, 0.1) is 29.0 Å². The van der Waals surface area contributed by atoms with Crippen molar-refractivity contribution in [1.29, 1.82) is 0 Å². The van der Waals surface area contributed by atoms with Crippen LogP contribution >= 0.6 is 0 Å². The number of carboxylic acid groups (broad SMARTS) is 1. The zero-order valence-corrected chi connectivity index (χ0v) is 21.1. The van der Waals surface area contributed by atoms with E-state index >= 15 is 0 Å². The average molecular weight is 496 g/mol. The van der Waals surface area contributed by atoms with E-state index < -0.39 is 29.8 Å². The molecule has 0 radical (unpaired) electrons. The monoisotopic (exact) mass is 495 g/mol. The van der Waals surface area contributed by atoms with Gasteiger partial charge in [-0.15, -0.1) is 0 Å². The van der Waals surface area contributed by atoms with Crippen LogP contribution in [-0.2, 0) is 17.7 Å². The molecule has 2 aromatic rings.